The second-order valence-corrected chi connectivity index (χ2v) is 13.2. The predicted octanol–water partition coefficient (Wildman–Crippen LogP) is 12.9. The molecule has 2 heteroatoms. The van der Waals surface area contributed by atoms with E-state index in [2.05, 4.69) is 155 Å². The first-order chi connectivity index (χ1) is 24.3. The van der Waals surface area contributed by atoms with E-state index in [9.17, 15) is 0 Å². The Labute approximate surface area is 285 Å². The van der Waals surface area contributed by atoms with E-state index >= 15 is 0 Å². The van der Waals surface area contributed by atoms with Crippen molar-refractivity contribution in [3.05, 3.63) is 162 Å². The number of fused-ring (bicyclic) bond motifs is 12. The van der Waals surface area contributed by atoms with Crippen molar-refractivity contribution in [2.24, 2.45) is 0 Å². The summed E-state index contributed by atoms with van der Waals surface area (Å²) in [5.41, 5.74) is 13.3. The van der Waals surface area contributed by atoms with Gasteiger partial charge in [-0.1, -0.05) is 129 Å². The number of rotatable bonds is 2. The fraction of sp³-hybridized carbons (Fsp3) is 0.106. The highest BCUT2D eigenvalue weighted by atomic mass is 15.0. The summed E-state index contributed by atoms with van der Waals surface area (Å²) >= 11 is 0. The van der Waals surface area contributed by atoms with E-state index < -0.39 is 0 Å². The van der Waals surface area contributed by atoms with E-state index in [1.807, 2.05) is 13.8 Å². The molecular weight excluding hydrogens is 593 g/mol. The van der Waals surface area contributed by atoms with Crippen LogP contribution in [-0.4, -0.2) is 9.13 Å². The lowest BCUT2D eigenvalue weighted by Gasteiger charge is -2.16. The van der Waals surface area contributed by atoms with Gasteiger partial charge in [-0.25, -0.2) is 0 Å². The molecule has 11 rings (SSSR count). The van der Waals surface area contributed by atoms with Crippen LogP contribution in [0.2, 0.25) is 0 Å². The summed E-state index contributed by atoms with van der Waals surface area (Å²) in [6.45, 7) is 4.00. The minimum absolute atomic E-state index is 1.06. The van der Waals surface area contributed by atoms with Crippen molar-refractivity contribution >= 4 is 70.7 Å². The molecule has 234 valence electrons. The molecule has 0 atom stereocenters. The maximum Gasteiger partial charge on any atom is 0.0789 e. The molecule has 49 heavy (non-hydrogen) atoms. The van der Waals surface area contributed by atoms with Crippen molar-refractivity contribution in [2.45, 2.75) is 33.1 Å². The zero-order valence-electron chi connectivity index (χ0n) is 27.9. The molecule has 7 aromatic carbocycles. The Hall–Kier alpha value is -5.86. The zero-order valence-corrected chi connectivity index (χ0v) is 27.9. The third-order valence-electron chi connectivity index (χ3n) is 10.8. The van der Waals surface area contributed by atoms with Crippen LogP contribution in [0.25, 0.3) is 82.1 Å². The average molecular weight is 629 g/mol. The fourth-order valence-corrected chi connectivity index (χ4v) is 8.75. The third-order valence-corrected chi connectivity index (χ3v) is 10.8. The van der Waals surface area contributed by atoms with Crippen molar-refractivity contribution < 1.29 is 0 Å². The van der Waals surface area contributed by atoms with Crippen LogP contribution < -0.4 is 0 Å². The predicted molar refractivity (Wildman–Crippen MR) is 210 cm³/mol. The van der Waals surface area contributed by atoms with Gasteiger partial charge in [0.2, 0.25) is 0 Å². The molecule has 9 aromatic rings. The van der Waals surface area contributed by atoms with Crippen molar-refractivity contribution in [2.75, 3.05) is 0 Å². The Kier molecular flexibility index (Phi) is 6.23. The number of nitrogens with zero attached hydrogens (tertiary/aromatic N) is 2. The number of allylic oxidation sites excluding steroid dienone is 4. The largest absolute Gasteiger partial charge is 0.307 e. The van der Waals surface area contributed by atoms with Crippen LogP contribution in [0.1, 0.15) is 37.8 Å². The van der Waals surface area contributed by atoms with Gasteiger partial charge in [-0.05, 0) is 88.5 Å². The van der Waals surface area contributed by atoms with Gasteiger partial charge in [-0.2, -0.15) is 0 Å². The fourth-order valence-electron chi connectivity index (χ4n) is 8.75. The lowest BCUT2D eigenvalue weighted by atomic mass is 9.97. The first-order valence-electron chi connectivity index (χ1n) is 17.7. The van der Waals surface area contributed by atoms with E-state index in [0.29, 0.717) is 0 Å². The van der Waals surface area contributed by atoms with E-state index in [0.717, 1.165) is 12.8 Å². The third kappa shape index (κ3) is 3.95. The maximum absolute atomic E-state index is 2.55. The van der Waals surface area contributed by atoms with E-state index in [-0.39, 0.29) is 0 Å². The number of para-hydroxylation sites is 2. The summed E-state index contributed by atoms with van der Waals surface area (Å²) in [6.07, 6.45) is 8.09. The summed E-state index contributed by atoms with van der Waals surface area (Å²) in [7, 11) is 0. The van der Waals surface area contributed by atoms with Gasteiger partial charge < -0.3 is 9.13 Å². The molecule has 0 bridgehead atoms. The number of aromatic nitrogens is 2. The van der Waals surface area contributed by atoms with Crippen LogP contribution >= 0.6 is 0 Å². The van der Waals surface area contributed by atoms with Gasteiger partial charge in [-0.15, -0.1) is 0 Å². The normalized spacial score (nSPS) is 13.9. The van der Waals surface area contributed by atoms with Crippen molar-refractivity contribution in [3.63, 3.8) is 0 Å². The van der Waals surface area contributed by atoms with Crippen LogP contribution in [0.3, 0.4) is 0 Å². The number of hydrogen-bond acceptors (Lipinski definition) is 0. The van der Waals surface area contributed by atoms with Crippen LogP contribution in [0, 0.1) is 0 Å². The lowest BCUT2D eigenvalue weighted by Crippen LogP contribution is -2.00. The molecule has 0 spiro atoms. The summed E-state index contributed by atoms with van der Waals surface area (Å²) in [4.78, 5) is 0. The Bertz CT molecular complexity index is 2860. The van der Waals surface area contributed by atoms with E-state index in [1.54, 1.807) is 5.57 Å². The monoisotopic (exact) mass is 628 g/mol. The van der Waals surface area contributed by atoms with Gasteiger partial charge in [0, 0.05) is 32.6 Å². The zero-order chi connectivity index (χ0) is 32.6. The first kappa shape index (κ1) is 28.2. The molecule has 0 N–H and O–H groups in total. The number of hydrogen-bond donors (Lipinski definition) is 0. The topological polar surface area (TPSA) is 9.86 Å². The Balaban J connectivity index is 0.00000150. The minimum atomic E-state index is 1.06. The van der Waals surface area contributed by atoms with Gasteiger partial charge in [0.15, 0.2) is 0 Å². The first-order valence-corrected chi connectivity index (χ1v) is 17.7. The highest BCUT2D eigenvalue weighted by molar-refractivity contribution is 6.25. The second-order valence-electron chi connectivity index (χ2n) is 13.2. The summed E-state index contributed by atoms with van der Waals surface area (Å²) in [5, 5.41) is 10.2. The van der Waals surface area contributed by atoms with Gasteiger partial charge in [0.05, 0.1) is 27.8 Å². The van der Waals surface area contributed by atoms with Crippen molar-refractivity contribution in [1.29, 1.82) is 0 Å². The molecule has 0 fully saturated rings. The summed E-state index contributed by atoms with van der Waals surface area (Å²) in [6, 6.07) is 49.7. The molecule has 0 saturated carbocycles. The van der Waals surface area contributed by atoms with Gasteiger partial charge in [-0.3, -0.25) is 0 Å². The lowest BCUT2D eigenvalue weighted by molar-refractivity contribution is 0.935. The molecular formula is C47H36N2. The molecule has 0 saturated heterocycles. The minimum Gasteiger partial charge on any atom is -0.307 e. The van der Waals surface area contributed by atoms with E-state index in [4.69, 9.17) is 0 Å². The van der Waals surface area contributed by atoms with Crippen LogP contribution in [0.5, 0.6) is 0 Å². The Morgan fingerprint density at radius 3 is 2.02 bits per heavy atom. The average Bonchev–Trinajstić information content (AvgIpc) is 3.82. The summed E-state index contributed by atoms with van der Waals surface area (Å²) < 4.78 is 5.09. The van der Waals surface area contributed by atoms with Crippen LogP contribution in [0.15, 0.2) is 151 Å². The molecule has 2 aliphatic rings. The highest BCUT2D eigenvalue weighted by Crippen LogP contribution is 2.46. The van der Waals surface area contributed by atoms with Gasteiger partial charge in [0.1, 0.15) is 0 Å². The molecule has 2 nitrogen and oxygen atoms in total. The van der Waals surface area contributed by atoms with Crippen LogP contribution in [-0.2, 0) is 6.42 Å². The van der Waals surface area contributed by atoms with Crippen LogP contribution in [0.4, 0.5) is 0 Å². The molecule has 0 radical (unpaired) electrons. The highest BCUT2D eigenvalue weighted by Gasteiger charge is 2.26. The van der Waals surface area contributed by atoms with Crippen molar-refractivity contribution in [1.82, 2.24) is 9.13 Å². The standard InChI is InChI=1S/C45H30N2.C2H6/c1-2-14-31(15-3-1)46-43-26-30-24-28-12-4-7-17-33(28)39(30)27-40(43)38-23-22-37-36-20-10-11-21-41(36)47(45(37)44(38)46)42-25-29-13-5-6-16-32(29)34-18-8-9-19-35(34)42;1-2/h1-3,5-11,13-23,25-27H,4,12,24H2;1-2H3. The van der Waals surface area contributed by atoms with E-state index in [1.165, 1.54) is 99.7 Å². The molecule has 0 amide bonds. The quantitative estimate of drug-likeness (QED) is 0.169. The SMILES string of the molecule is C1=CC2=C(CC1)Cc1cc3c(cc12)c1ccc2c4ccccc4n(-c4cc5ccccc5c5ccccc45)c2c1n3-c1ccccc1.CC. The van der Waals surface area contributed by atoms with Gasteiger partial charge >= 0.3 is 0 Å². The maximum atomic E-state index is 2.55. The van der Waals surface area contributed by atoms with Crippen molar-refractivity contribution in [3.8, 4) is 11.4 Å². The molecule has 2 aliphatic carbocycles. The Morgan fingerprint density at radius 1 is 0.510 bits per heavy atom. The molecule has 0 unspecified atom stereocenters. The number of benzene rings is 7. The molecule has 2 heterocycles. The Morgan fingerprint density at radius 2 is 1.18 bits per heavy atom. The van der Waals surface area contributed by atoms with Gasteiger partial charge in [0.25, 0.3) is 0 Å². The molecule has 2 aromatic heterocycles. The summed E-state index contributed by atoms with van der Waals surface area (Å²) in [5.74, 6) is 0. The smallest absolute Gasteiger partial charge is 0.0789 e. The molecule has 0 aliphatic heterocycles. The second kappa shape index (κ2) is 10.8.